The zero-order chi connectivity index (χ0) is 7.68. The quantitative estimate of drug-likeness (QED) is 0.608. The lowest BCUT2D eigenvalue weighted by Gasteiger charge is -2.23. The minimum absolute atomic E-state index is 0.816. The van der Waals surface area contributed by atoms with E-state index in [9.17, 15) is 0 Å². The highest BCUT2D eigenvalue weighted by Crippen LogP contribution is 2.29. The molecule has 0 bridgehead atoms. The van der Waals surface area contributed by atoms with Gasteiger partial charge >= 0.3 is 0 Å². The number of hydrogen-bond donors (Lipinski definition) is 1. The van der Waals surface area contributed by atoms with E-state index in [4.69, 9.17) is 4.74 Å². The first-order valence-corrected chi connectivity index (χ1v) is 3.69. The van der Waals surface area contributed by atoms with Crippen LogP contribution >= 0.6 is 0 Å². The monoisotopic (exact) mass is 148 g/mol. The van der Waals surface area contributed by atoms with E-state index < -0.39 is 0 Å². The van der Waals surface area contributed by atoms with Gasteiger partial charge in [-0.15, -0.1) is 0 Å². The molecular weight excluding hydrogens is 138 g/mol. The topological polar surface area (TPSA) is 21.3 Å². The molecular formula is C9H10NO. The first-order valence-electron chi connectivity index (χ1n) is 3.69. The average Bonchev–Trinajstić information content (AvgIpc) is 2.04. The Morgan fingerprint density at radius 2 is 2.18 bits per heavy atom. The lowest BCUT2D eigenvalue weighted by molar-refractivity contribution is 0.329. The number of ether oxygens (including phenoxy) is 1. The molecule has 0 unspecified atom stereocenters. The fourth-order valence-electron chi connectivity index (χ4n) is 1.15. The molecule has 0 aromatic heterocycles. The SMILES string of the molecule is C[C]1CNc2ccccc2O1. The molecule has 1 radical (unpaired) electrons. The number of anilines is 1. The summed E-state index contributed by atoms with van der Waals surface area (Å²) in [7, 11) is 0. The van der Waals surface area contributed by atoms with Gasteiger partial charge in [-0.1, -0.05) is 12.1 Å². The third-order valence-corrected chi connectivity index (χ3v) is 1.70. The van der Waals surface area contributed by atoms with E-state index in [0.29, 0.717) is 0 Å². The van der Waals surface area contributed by atoms with Crippen molar-refractivity contribution >= 4 is 5.69 Å². The van der Waals surface area contributed by atoms with Crippen LogP contribution in [0.2, 0.25) is 0 Å². The number of para-hydroxylation sites is 2. The van der Waals surface area contributed by atoms with Crippen molar-refractivity contribution in [2.24, 2.45) is 0 Å². The highest BCUT2D eigenvalue weighted by molar-refractivity contribution is 5.58. The molecule has 57 valence electrons. The fraction of sp³-hybridized carbons (Fsp3) is 0.222. The number of hydrogen-bond acceptors (Lipinski definition) is 2. The molecule has 1 N–H and O–H groups in total. The Morgan fingerprint density at radius 3 is 3.09 bits per heavy atom. The summed E-state index contributed by atoms with van der Waals surface area (Å²) in [6, 6.07) is 7.95. The molecule has 2 nitrogen and oxygen atoms in total. The zero-order valence-electron chi connectivity index (χ0n) is 6.42. The maximum Gasteiger partial charge on any atom is 0.164 e. The van der Waals surface area contributed by atoms with E-state index in [1.54, 1.807) is 0 Å². The smallest absolute Gasteiger partial charge is 0.164 e. The molecule has 0 saturated carbocycles. The van der Waals surface area contributed by atoms with Crippen LogP contribution in [-0.2, 0) is 0 Å². The lowest BCUT2D eigenvalue weighted by Crippen LogP contribution is -2.20. The van der Waals surface area contributed by atoms with Gasteiger partial charge in [-0.3, -0.25) is 0 Å². The molecule has 0 atom stereocenters. The average molecular weight is 148 g/mol. The standard InChI is InChI=1S/C9H10NO/c1-7-6-10-8-4-2-3-5-9(8)11-7/h2-5,10H,6H2,1H3. The summed E-state index contributed by atoms with van der Waals surface area (Å²) in [5.41, 5.74) is 1.08. The van der Waals surface area contributed by atoms with Crippen molar-refractivity contribution in [3.05, 3.63) is 30.4 Å². The molecule has 1 aliphatic rings. The highest BCUT2D eigenvalue weighted by atomic mass is 16.5. The number of fused-ring (bicyclic) bond motifs is 1. The Hall–Kier alpha value is -1.18. The number of nitrogens with one attached hydrogen (secondary N) is 1. The Bertz CT molecular complexity index is 259. The second-order valence-corrected chi connectivity index (χ2v) is 2.65. The molecule has 0 amide bonds. The van der Waals surface area contributed by atoms with E-state index in [2.05, 4.69) is 5.32 Å². The predicted molar refractivity (Wildman–Crippen MR) is 44.5 cm³/mol. The van der Waals surface area contributed by atoms with Gasteiger partial charge in [0.2, 0.25) is 0 Å². The largest absolute Gasteiger partial charge is 0.479 e. The zero-order valence-corrected chi connectivity index (χ0v) is 6.42. The third kappa shape index (κ3) is 1.16. The van der Waals surface area contributed by atoms with Crippen LogP contribution in [0.1, 0.15) is 6.92 Å². The van der Waals surface area contributed by atoms with Crippen LogP contribution in [0.3, 0.4) is 0 Å². The highest BCUT2D eigenvalue weighted by Gasteiger charge is 2.14. The van der Waals surface area contributed by atoms with Gasteiger partial charge in [0.1, 0.15) is 5.75 Å². The molecule has 1 aromatic carbocycles. The van der Waals surface area contributed by atoms with Gasteiger partial charge in [0, 0.05) is 0 Å². The summed E-state index contributed by atoms with van der Waals surface area (Å²) in [5.74, 6) is 0.927. The summed E-state index contributed by atoms with van der Waals surface area (Å²) in [5, 5.41) is 3.25. The predicted octanol–water partition coefficient (Wildman–Crippen LogP) is 2.04. The Kier molecular flexibility index (Phi) is 1.46. The summed E-state index contributed by atoms with van der Waals surface area (Å²) >= 11 is 0. The van der Waals surface area contributed by atoms with Crippen LogP contribution < -0.4 is 10.1 Å². The Labute approximate surface area is 66.2 Å². The van der Waals surface area contributed by atoms with E-state index in [-0.39, 0.29) is 0 Å². The minimum atomic E-state index is 0.816. The number of rotatable bonds is 0. The van der Waals surface area contributed by atoms with Gasteiger partial charge in [0.25, 0.3) is 0 Å². The van der Waals surface area contributed by atoms with Gasteiger partial charge in [-0.05, 0) is 19.1 Å². The molecule has 0 aliphatic carbocycles. The van der Waals surface area contributed by atoms with Crippen molar-refractivity contribution in [2.75, 3.05) is 11.9 Å². The molecule has 1 aliphatic heterocycles. The van der Waals surface area contributed by atoms with E-state index >= 15 is 0 Å². The van der Waals surface area contributed by atoms with Crippen LogP contribution in [0, 0.1) is 6.10 Å². The Balaban J connectivity index is 2.34. The number of benzene rings is 1. The molecule has 2 heteroatoms. The summed E-state index contributed by atoms with van der Waals surface area (Å²) in [4.78, 5) is 0. The van der Waals surface area contributed by atoms with E-state index in [0.717, 1.165) is 24.1 Å². The summed E-state index contributed by atoms with van der Waals surface area (Å²) in [6.45, 7) is 2.79. The molecule has 0 spiro atoms. The summed E-state index contributed by atoms with van der Waals surface area (Å²) < 4.78 is 5.49. The second kappa shape index (κ2) is 2.46. The van der Waals surface area contributed by atoms with E-state index in [1.165, 1.54) is 0 Å². The van der Waals surface area contributed by atoms with Crippen LogP contribution in [0.5, 0.6) is 5.75 Å². The van der Waals surface area contributed by atoms with Crippen LogP contribution in [0.15, 0.2) is 24.3 Å². The van der Waals surface area contributed by atoms with Crippen molar-refractivity contribution in [1.29, 1.82) is 0 Å². The first kappa shape index (κ1) is 6.53. The van der Waals surface area contributed by atoms with E-state index in [1.807, 2.05) is 31.2 Å². The molecule has 0 fully saturated rings. The molecule has 11 heavy (non-hydrogen) atoms. The maximum absolute atomic E-state index is 5.49. The lowest BCUT2D eigenvalue weighted by atomic mass is 10.2. The van der Waals surface area contributed by atoms with Gasteiger partial charge in [0.15, 0.2) is 6.10 Å². The molecule has 1 aromatic rings. The fourth-order valence-corrected chi connectivity index (χ4v) is 1.15. The third-order valence-electron chi connectivity index (χ3n) is 1.70. The first-order chi connectivity index (χ1) is 5.36. The second-order valence-electron chi connectivity index (χ2n) is 2.65. The minimum Gasteiger partial charge on any atom is -0.479 e. The molecule has 0 saturated heterocycles. The van der Waals surface area contributed by atoms with Crippen LogP contribution in [0.25, 0.3) is 0 Å². The van der Waals surface area contributed by atoms with Crippen LogP contribution in [0.4, 0.5) is 5.69 Å². The summed E-state index contributed by atoms with van der Waals surface area (Å²) in [6.07, 6.45) is 1.02. The van der Waals surface area contributed by atoms with Gasteiger partial charge in [0.05, 0.1) is 12.2 Å². The van der Waals surface area contributed by atoms with Crippen LogP contribution in [-0.4, -0.2) is 6.54 Å². The Morgan fingerprint density at radius 1 is 1.36 bits per heavy atom. The van der Waals surface area contributed by atoms with Gasteiger partial charge < -0.3 is 10.1 Å². The maximum atomic E-state index is 5.49. The van der Waals surface area contributed by atoms with Crippen molar-refractivity contribution in [3.8, 4) is 5.75 Å². The van der Waals surface area contributed by atoms with Gasteiger partial charge in [-0.25, -0.2) is 0 Å². The normalized spacial score (nSPS) is 16.5. The van der Waals surface area contributed by atoms with Crippen molar-refractivity contribution in [3.63, 3.8) is 0 Å². The van der Waals surface area contributed by atoms with Crippen molar-refractivity contribution in [1.82, 2.24) is 0 Å². The molecule has 1 heterocycles. The van der Waals surface area contributed by atoms with Crippen molar-refractivity contribution < 1.29 is 4.74 Å². The van der Waals surface area contributed by atoms with Gasteiger partial charge in [-0.2, -0.15) is 0 Å². The van der Waals surface area contributed by atoms with Crippen molar-refractivity contribution in [2.45, 2.75) is 6.92 Å². The molecule has 2 rings (SSSR count).